The Morgan fingerprint density at radius 1 is 1.17 bits per heavy atom. The van der Waals surface area contributed by atoms with Crippen LogP contribution in [0.15, 0.2) is 24.3 Å². The summed E-state index contributed by atoms with van der Waals surface area (Å²) in [6, 6.07) is 8.33. The van der Waals surface area contributed by atoms with Crippen LogP contribution in [0.25, 0.3) is 0 Å². The number of carbonyl (C=O) groups excluding carboxylic acids is 1. The van der Waals surface area contributed by atoms with E-state index in [1.165, 1.54) is 5.56 Å². The van der Waals surface area contributed by atoms with Gasteiger partial charge in [-0.25, -0.2) is 0 Å². The van der Waals surface area contributed by atoms with Crippen LogP contribution < -0.4 is 11.1 Å². The summed E-state index contributed by atoms with van der Waals surface area (Å²) in [6.45, 7) is 6.83. The first kappa shape index (κ1) is 14.7. The van der Waals surface area contributed by atoms with Crippen molar-refractivity contribution >= 4 is 5.91 Å². The van der Waals surface area contributed by atoms with E-state index in [-0.39, 0.29) is 11.9 Å². The van der Waals surface area contributed by atoms with Crippen LogP contribution in [0.1, 0.15) is 38.3 Å². The van der Waals surface area contributed by atoms with Crippen LogP contribution in [-0.2, 0) is 17.8 Å². The number of nitrogens with two attached hydrogens (primary N) is 1. The predicted octanol–water partition coefficient (Wildman–Crippen LogP) is 2.24. The quantitative estimate of drug-likeness (QED) is 0.811. The predicted molar refractivity (Wildman–Crippen MR) is 75.1 cm³/mol. The molecule has 0 saturated heterocycles. The number of amides is 1. The molecular formula is C15H24N2O. The molecule has 3 nitrogen and oxygen atoms in total. The molecule has 1 aromatic rings. The van der Waals surface area contributed by atoms with Gasteiger partial charge >= 0.3 is 0 Å². The van der Waals surface area contributed by atoms with E-state index in [0.717, 1.165) is 12.0 Å². The molecule has 100 valence electrons. The summed E-state index contributed by atoms with van der Waals surface area (Å²) in [4.78, 5) is 11.4. The third kappa shape index (κ3) is 5.82. The van der Waals surface area contributed by atoms with Gasteiger partial charge in [-0.3, -0.25) is 4.79 Å². The molecule has 0 radical (unpaired) electrons. The standard InChI is InChI=1S/C15H24N2O/c1-11(2)8-13-4-6-14(7-5-13)10-17-15(18)9-12(3)16/h4-7,11-12H,8-10,16H2,1-3H3,(H,17,18). The zero-order valence-electron chi connectivity index (χ0n) is 11.6. The minimum absolute atomic E-state index is 0.0104. The zero-order chi connectivity index (χ0) is 13.5. The van der Waals surface area contributed by atoms with Crippen molar-refractivity contribution in [3.05, 3.63) is 35.4 Å². The number of carbonyl (C=O) groups is 1. The molecule has 1 atom stereocenters. The van der Waals surface area contributed by atoms with Crippen LogP contribution in [0, 0.1) is 5.92 Å². The van der Waals surface area contributed by atoms with Crippen molar-refractivity contribution in [1.29, 1.82) is 0 Å². The topological polar surface area (TPSA) is 55.1 Å². The SMILES string of the molecule is CC(C)Cc1ccc(CNC(=O)CC(C)N)cc1. The molecule has 1 amide bonds. The molecule has 0 aliphatic heterocycles. The highest BCUT2D eigenvalue weighted by molar-refractivity contribution is 5.76. The van der Waals surface area contributed by atoms with Crippen LogP contribution in [-0.4, -0.2) is 11.9 Å². The molecule has 0 aliphatic rings. The lowest BCUT2D eigenvalue weighted by molar-refractivity contribution is -0.121. The van der Waals surface area contributed by atoms with E-state index in [4.69, 9.17) is 5.73 Å². The van der Waals surface area contributed by atoms with Crippen molar-refractivity contribution in [1.82, 2.24) is 5.32 Å². The lowest BCUT2D eigenvalue weighted by atomic mass is 10.0. The highest BCUT2D eigenvalue weighted by atomic mass is 16.1. The molecule has 0 spiro atoms. The van der Waals surface area contributed by atoms with Gasteiger partial charge in [0.25, 0.3) is 0 Å². The second-order valence-corrected chi connectivity index (χ2v) is 5.37. The Labute approximate surface area is 110 Å². The second kappa shape index (κ2) is 7.17. The second-order valence-electron chi connectivity index (χ2n) is 5.37. The third-order valence-electron chi connectivity index (χ3n) is 2.66. The maximum atomic E-state index is 11.4. The Kier molecular flexibility index (Phi) is 5.86. The molecule has 0 heterocycles. The number of hydrogen-bond acceptors (Lipinski definition) is 2. The molecule has 18 heavy (non-hydrogen) atoms. The van der Waals surface area contributed by atoms with Crippen LogP contribution >= 0.6 is 0 Å². The summed E-state index contributed by atoms with van der Waals surface area (Å²) in [7, 11) is 0. The van der Waals surface area contributed by atoms with E-state index in [9.17, 15) is 4.79 Å². The van der Waals surface area contributed by atoms with Gasteiger partial charge in [0.1, 0.15) is 0 Å². The summed E-state index contributed by atoms with van der Waals surface area (Å²) in [5.74, 6) is 0.679. The van der Waals surface area contributed by atoms with Crippen molar-refractivity contribution in [3.63, 3.8) is 0 Å². The van der Waals surface area contributed by atoms with Gasteiger partial charge in [0.15, 0.2) is 0 Å². The smallest absolute Gasteiger partial charge is 0.221 e. The number of nitrogens with one attached hydrogen (secondary N) is 1. The Bertz CT molecular complexity index is 369. The van der Waals surface area contributed by atoms with E-state index >= 15 is 0 Å². The molecule has 1 aromatic carbocycles. The molecule has 0 aliphatic carbocycles. The van der Waals surface area contributed by atoms with E-state index in [1.54, 1.807) is 0 Å². The number of hydrogen-bond donors (Lipinski definition) is 2. The molecule has 0 bridgehead atoms. The monoisotopic (exact) mass is 248 g/mol. The van der Waals surface area contributed by atoms with E-state index in [1.807, 2.05) is 6.92 Å². The van der Waals surface area contributed by atoms with E-state index in [0.29, 0.717) is 18.9 Å². The first-order valence-corrected chi connectivity index (χ1v) is 6.57. The Morgan fingerprint density at radius 2 is 1.72 bits per heavy atom. The fourth-order valence-corrected chi connectivity index (χ4v) is 1.83. The summed E-state index contributed by atoms with van der Waals surface area (Å²) in [5, 5.41) is 2.87. The zero-order valence-corrected chi connectivity index (χ0v) is 11.6. The number of rotatable bonds is 6. The van der Waals surface area contributed by atoms with Gasteiger partial charge in [0.2, 0.25) is 5.91 Å². The number of benzene rings is 1. The Morgan fingerprint density at radius 3 is 2.22 bits per heavy atom. The van der Waals surface area contributed by atoms with Crippen LogP contribution in [0.2, 0.25) is 0 Å². The summed E-state index contributed by atoms with van der Waals surface area (Å²) >= 11 is 0. The van der Waals surface area contributed by atoms with Gasteiger partial charge in [0.05, 0.1) is 0 Å². The van der Waals surface area contributed by atoms with Crippen molar-refractivity contribution in [2.45, 2.75) is 46.2 Å². The highest BCUT2D eigenvalue weighted by Crippen LogP contribution is 2.09. The summed E-state index contributed by atoms with van der Waals surface area (Å²) in [6.07, 6.45) is 1.47. The maximum absolute atomic E-state index is 11.4. The molecule has 0 aromatic heterocycles. The Hall–Kier alpha value is -1.35. The van der Waals surface area contributed by atoms with Gasteiger partial charge in [-0.2, -0.15) is 0 Å². The largest absolute Gasteiger partial charge is 0.352 e. The molecular weight excluding hydrogens is 224 g/mol. The normalized spacial score (nSPS) is 12.5. The van der Waals surface area contributed by atoms with Crippen molar-refractivity contribution in [2.75, 3.05) is 0 Å². The van der Waals surface area contributed by atoms with Crippen molar-refractivity contribution in [3.8, 4) is 0 Å². The highest BCUT2D eigenvalue weighted by Gasteiger charge is 2.04. The molecule has 1 rings (SSSR count). The lowest BCUT2D eigenvalue weighted by Crippen LogP contribution is -2.29. The average molecular weight is 248 g/mol. The molecule has 0 fully saturated rings. The minimum Gasteiger partial charge on any atom is -0.352 e. The fraction of sp³-hybridized carbons (Fsp3) is 0.533. The molecule has 1 unspecified atom stereocenters. The maximum Gasteiger partial charge on any atom is 0.221 e. The first-order chi connectivity index (χ1) is 8.47. The first-order valence-electron chi connectivity index (χ1n) is 6.57. The van der Waals surface area contributed by atoms with Gasteiger partial charge in [0, 0.05) is 19.0 Å². The van der Waals surface area contributed by atoms with Gasteiger partial charge in [-0.15, -0.1) is 0 Å². The van der Waals surface area contributed by atoms with E-state index < -0.39 is 0 Å². The summed E-state index contributed by atoms with van der Waals surface area (Å²) in [5.41, 5.74) is 8.04. The molecule has 3 N–H and O–H groups in total. The minimum atomic E-state index is -0.0848. The van der Waals surface area contributed by atoms with Crippen molar-refractivity contribution in [2.24, 2.45) is 11.7 Å². The van der Waals surface area contributed by atoms with Gasteiger partial charge < -0.3 is 11.1 Å². The molecule has 3 heteroatoms. The summed E-state index contributed by atoms with van der Waals surface area (Å²) < 4.78 is 0. The third-order valence-corrected chi connectivity index (χ3v) is 2.66. The van der Waals surface area contributed by atoms with E-state index in [2.05, 4.69) is 43.4 Å². The Balaban J connectivity index is 2.41. The lowest BCUT2D eigenvalue weighted by Gasteiger charge is -2.09. The van der Waals surface area contributed by atoms with Crippen LogP contribution in [0.3, 0.4) is 0 Å². The van der Waals surface area contributed by atoms with Crippen LogP contribution in [0.5, 0.6) is 0 Å². The van der Waals surface area contributed by atoms with Gasteiger partial charge in [-0.1, -0.05) is 38.1 Å². The molecule has 0 saturated carbocycles. The average Bonchev–Trinajstić information content (AvgIpc) is 2.26. The van der Waals surface area contributed by atoms with Crippen LogP contribution in [0.4, 0.5) is 0 Å². The van der Waals surface area contributed by atoms with Crippen molar-refractivity contribution < 1.29 is 4.79 Å². The van der Waals surface area contributed by atoms with Gasteiger partial charge in [-0.05, 0) is 30.4 Å². The fourth-order valence-electron chi connectivity index (χ4n) is 1.83.